The van der Waals surface area contributed by atoms with E-state index in [4.69, 9.17) is 16.2 Å². The first-order valence-corrected chi connectivity index (χ1v) is 8.77. The Hall–Kier alpha value is -2.45. The van der Waals surface area contributed by atoms with E-state index in [0.717, 1.165) is 22.0 Å². The largest absolute Gasteiger partial charge is 0.378 e. The fourth-order valence-corrected chi connectivity index (χ4v) is 2.77. The number of ether oxygens (including phenoxy) is 1. The van der Waals surface area contributed by atoms with Crippen LogP contribution >= 0.6 is 12.4 Å². The zero-order chi connectivity index (χ0) is 19.2. The highest BCUT2D eigenvalue weighted by Crippen LogP contribution is 2.25. The second-order valence-electron chi connectivity index (χ2n) is 6.33. The molecule has 150 valence electrons. The number of H-pyrrole nitrogens is 1. The summed E-state index contributed by atoms with van der Waals surface area (Å²) in [5.41, 5.74) is 14.4. The molecule has 1 amide bonds. The van der Waals surface area contributed by atoms with E-state index in [9.17, 15) is 9.18 Å². The SMILES string of the molecule is Cl.NCCOCC(N)CNC(=O)c1cc2ccc(-c3ccc(F)cc3)cc2[nH]1. The van der Waals surface area contributed by atoms with Gasteiger partial charge in [-0.15, -0.1) is 12.4 Å². The van der Waals surface area contributed by atoms with Gasteiger partial charge in [-0.1, -0.05) is 24.3 Å². The van der Waals surface area contributed by atoms with Gasteiger partial charge in [-0.3, -0.25) is 4.79 Å². The molecule has 0 radical (unpaired) electrons. The van der Waals surface area contributed by atoms with Crippen molar-refractivity contribution in [2.45, 2.75) is 6.04 Å². The Labute approximate surface area is 168 Å². The molecule has 0 saturated carbocycles. The van der Waals surface area contributed by atoms with E-state index in [1.165, 1.54) is 12.1 Å². The Kier molecular flexibility index (Phi) is 7.95. The molecule has 8 heteroatoms. The number of fused-ring (bicyclic) bond motifs is 1. The smallest absolute Gasteiger partial charge is 0.267 e. The number of carbonyl (C=O) groups excluding carboxylic acids is 1. The molecule has 1 aromatic heterocycles. The van der Waals surface area contributed by atoms with Gasteiger partial charge >= 0.3 is 0 Å². The summed E-state index contributed by atoms with van der Waals surface area (Å²) in [5.74, 6) is -0.505. The van der Waals surface area contributed by atoms with Crippen molar-refractivity contribution in [1.29, 1.82) is 0 Å². The fraction of sp³-hybridized carbons (Fsp3) is 0.250. The minimum atomic E-state index is -0.296. The van der Waals surface area contributed by atoms with E-state index >= 15 is 0 Å². The van der Waals surface area contributed by atoms with Crippen molar-refractivity contribution < 1.29 is 13.9 Å². The molecule has 0 fully saturated rings. The number of amides is 1. The summed E-state index contributed by atoms with van der Waals surface area (Å²) < 4.78 is 18.4. The number of aromatic amines is 1. The van der Waals surface area contributed by atoms with E-state index in [1.807, 2.05) is 18.2 Å². The fourth-order valence-electron chi connectivity index (χ4n) is 2.77. The normalized spacial score (nSPS) is 11.8. The number of hydrogen-bond acceptors (Lipinski definition) is 4. The molecule has 1 unspecified atom stereocenters. The van der Waals surface area contributed by atoms with Crippen molar-refractivity contribution >= 4 is 29.2 Å². The predicted octanol–water partition coefficient (Wildman–Crippen LogP) is 2.43. The summed E-state index contributed by atoms with van der Waals surface area (Å²) in [6, 6.07) is 13.6. The molecule has 0 spiro atoms. The lowest BCUT2D eigenvalue weighted by molar-refractivity contribution is 0.0929. The number of nitrogens with one attached hydrogen (secondary N) is 2. The lowest BCUT2D eigenvalue weighted by atomic mass is 10.0. The van der Waals surface area contributed by atoms with Crippen LogP contribution in [0.5, 0.6) is 0 Å². The summed E-state index contributed by atoms with van der Waals surface area (Å²) in [4.78, 5) is 15.5. The maximum atomic E-state index is 13.1. The van der Waals surface area contributed by atoms with Crippen molar-refractivity contribution in [2.24, 2.45) is 11.5 Å². The number of hydrogen-bond donors (Lipinski definition) is 4. The van der Waals surface area contributed by atoms with E-state index in [0.29, 0.717) is 32.0 Å². The predicted molar refractivity (Wildman–Crippen MR) is 111 cm³/mol. The highest BCUT2D eigenvalue weighted by atomic mass is 35.5. The molecule has 1 atom stereocenters. The molecule has 3 aromatic rings. The van der Waals surface area contributed by atoms with Crippen LogP contribution in [-0.4, -0.2) is 43.2 Å². The molecule has 28 heavy (non-hydrogen) atoms. The molecule has 6 nitrogen and oxygen atoms in total. The van der Waals surface area contributed by atoms with Crippen molar-refractivity contribution in [3.63, 3.8) is 0 Å². The Bertz CT molecular complexity index is 914. The van der Waals surface area contributed by atoms with Crippen LogP contribution < -0.4 is 16.8 Å². The van der Waals surface area contributed by atoms with Crippen molar-refractivity contribution in [3.05, 3.63) is 60.0 Å². The van der Waals surface area contributed by atoms with Crippen LogP contribution in [0.25, 0.3) is 22.0 Å². The number of aromatic nitrogens is 1. The third-order valence-electron chi connectivity index (χ3n) is 4.16. The van der Waals surface area contributed by atoms with E-state index in [-0.39, 0.29) is 30.2 Å². The molecule has 3 rings (SSSR count). The second-order valence-corrected chi connectivity index (χ2v) is 6.33. The summed E-state index contributed by atoms with van der Waals surface area (Å²) in [6.07, 6.45) is 0. The molecule has 6 N–H and O–H groups in total. The van der Waals surface area contributed by atoms with Gasteiger partial charge in [-0.2, -0.15) is 0 Å². The average molecular weight is 407 g/mol. The monoisotopic (exact) mass is 406 g/mol. The van der Waals surface area contributed by atoms with Crippen LogP contribution in [0.4, 0.5) is 4.39 Å². The molecule has 0 bridgehead atoms. The Morgan fingerprint density at radius 3 is 2.57 bits per heavy atom. The summed E-state index contributed by atoms with van der Waals surface area (Å²) in [7, 11) is 0. The average Bonchev–Trinajstić information content (AvgIpc) is 3.10. The number of rotatable bonds is 8. The maximum absolute atomic E-state index is 13.1. The zero-order valence-electron chi connectivity index (χ0n) is 15.3. The van der Waals surface area contributed by atoms with Crippen LogP contribution in [0, 0.1) is 5.82 Å². The lowest BCUT2D eigenvalue weighted by Crippen LogP contribution is -2.40. The van der Waals surface area contributed by atoms with Crippen LogP contribution in [-0.2, 0) is 4.74 Å². The lowest BCUT2D eigenvalue weighted by Gasteiger charge is -2.12. The van der Waals surface area contributed by atoms with Gasteiger partial charge in [-0.25, -0.2) is 4.39 Å². The van der Waals surface area contributed by atoms with Gasteiger partial charge in [0.25, 0.3) is 5.91 Å². The van der Waals surface area contributed by atoms with Gasteiger partial charge in [0, 0.05) is 30.0 Å². The number of carbonyl (C=O) groups is 1. The standard InChI is InChI=1S/C20H23FN4O2.ClH/c21-16-5-3-13(4-6-16)14-1-2-15-10-19(25-18(15)9-14)20(26)24-11-17(23)12-27-8-7-22;/h1-6,9-10,17,25H,7-8,11-12,22-23H2,(H,24,26);1H. The topological polar surface area (TPSA) is 106 Å². The molecular formula is C20H24ClFN4O2. The van der Waals surface area contributed by atoms with Crippen LogP contribution in [0.15, 0.2) is 48.5 Å². The molecule has 1 heterocycles. The second kappa shape index (κ2) is 10.2. The van der Waals surface area contributed by atoms with Crippen molar-refractivity contribution in [1.82, 2.24) is 10.3 Å². The van der Waals surface area contributed by atoms with Crippen LogP contribution in [0.2, 0.25) is 0 Å². The summed E-state index contributed by atoms with van der Waals surface area (Å²) in [5, 5.41) is 3.71. The van der Waals surface area contributed by atoms with Gasteiger partial charge in [0.05, 0.1) is 13.2 Å². The van der Waals surface area contributed by atoms with Gasteiger partial charge in [0.2, 0.25) is 0 Å². The Balaban J connectivity index is 0.00000280. The van der Waals surface area contributed by atoms with Crippen LogP contribution in [0.1, 0.15) is 10.5 Å². The number of benzene rings is 2. The highest BCUT2D eigenvalue weighted by Gasteiger charge is 2.12. The van der Waals surface area contributed by atoms with E-state index in [2.05, 4.69) is 10.3 Å². The van der Waals surface area contributed by atoms with Gasteiger partial charge in [0.15, 0.2) is 0 Å². The van der Waals surface area contributed by atoms with Crippen molar-refractivity contribution in [2.75, 3.05) is 26.3 Å². The van der Waals surface area contributed by atoms with Gasteiger partial charge in [0.1, 0.15) is 11.5 Å². The van der Waals surface area contributed by atoms with Crippen LogP contribution in [0.3, 0.4) is 0 Å². The van der Waals surface area contributed by atoms with E-state index < -0.39 is 0 Å². The quantitative estimate of drug-likeness (QED) is 0.431. The maximum Gasteiger partial charge on any atom is 0.267 e. The molecule has 0 saturated heterocycles. The first-order valence-electron chi connectivity index (χ1n) is 8.77. The van der Waals surface area contributed by atoms with Gasteiger partial charge < -0.3 is 26.5 Å². The summed E-state index contributed by atoms with van der Waals surface area (Å²) >= 11 is 0. The van der Waals surface area contributed by atoms with Gasteiger partial charge in [-0.05, 0) is 35.4 Å². The number of halogens is 2. The van der Waals surface area contributed by atoms with E-state index in [1.54, 1.807) is 18.2 Å². The molecule has 2 aromatic carbocycles. The Morgan fingerprint density at radius 2 is 1.86 bits per heavy atom. The minimum absolute atomic E-state index is 0. The molecule has 0 aliphatic carbocycles. The highest BCUT2D eigenvalue weighted by molar-refractivity contribution is 5.98. The first-order chi connectivity index (χ1) is 13.1. The molecule has 0 aliphatic heterocycles. The van der Waals surface area contributed by atoms with Crippen molar-refractivity contribution in [3.8, 4) is 11.1 Å². The molecular weight excluding hydrogens is 383 g/mol. The third-order valence-corrected chi connectivity index (χ3v) is 4.16. The number of nitrogens with two attached hydrogens (primary N) is 2. The first kappa shape index (κ1) is 21.8. The zero-order valence-corrected chi connectivity index (χ0v) is 16.1. The third kappa shape index (κ3) is 5.53. The Morgan fingerprint density at radius 1 is 1.14 bits per heavy atom. The molecule has 0 aliphatic rings. The summed E-state index contributed by atoms with van der Waals surface area (Å²) in [6.45, 7) is 1.53. The minimum Gasteiger partial charge on any atom is -0.378 e.